The molecule has 1 aromatic rings. The fraction of sp³-hybridized carbons (Fsp3) is 0.500. The third-order valence-corrected chi connectivity index (χ3v) is 2.31. The Morgan fingerprint density at radius 1 is 1.33 bits per heavy atom. The molecular formula is C12H16F3NO2. The monoisotopic (exact) mass is 263 g/mol. The van der Waals surface area contributed by atoms with E-state index < -0.39 is 12.5 Å². The number of benzene rings is 1. The van der Waals surface area contributed by atoms with Crippen LogP contribution >= 0.6 is 0 Å². The third-order valence-electron chi connectivity index (χ3n) is 2.31. The molecular weight excluding hydrogens is 247 g/mol. The predicted molar refractivity (Wildman–Crippen MR) is 61.2 cm³/mol. The summed E-state index contributed by atoms with van der Waals surface area (Å²) in [7, 11) is 0. The maximum atomic E-state index is 12.1. The summed E-state index contributed by atoms with van der Waals surface area (Å²) in [4.78, 5) is 0. The Bertz CT molecular complexity index is 380. The second kappa shape index (κ2) is 6.06. The van der Waals surface area contributed by atoms with Crippen LogP contribution in [0.2, 0.25) is 0 Å². The van der Waals surface area contributed by atoms with E-state index in [0.29, 0.717) is 12.1 Å². The third kappa shape index (κ3) is 5.37. The zero-order chi connectivity index (χ0) is 13.8. The highest BCUT2D eigenvalue weighted by Gasteiger charge is 2.31. The SMILES string of the molecule is CC(O)CNC(C)c1cccc(OC(F)(F)F)c1. The number of aliphatic hydroxyl groups is 1. The Hall–Kier alpha value is -1.27. The van der Waals surface area contributed by atoms with E-state index in [4.69, 9.17) is 5.11 Å². The molecule has 0 saturated carbocycles. The Kier molecular flexibility index (Phi) is 4.98. The van der Waals surface area contributed by atoms with E-state index in [9.17, 15) is 13.2 Å². The summed E-state index contributed by atoms with van der Waals surface area (Å²) in [5.41, 5.74) is 0.664. The topological polar surface area (TPSA) is 41.5 Å². The molecule has 0 fully saturated rings. The van der Waals surface area contributed by atoms with Gasteiger partial charge in [-0.1, -0.05) is 12.1 Å². The molecule has 2 unspecified atom stereocenters. The molecule has 6 heteroatoms. The smallest absolute Gasteiger partial charge is 0.406 e. The van der Waals surface area contributed by atoms with Gasteiger partial charge in [-0.25, -0.2) is 0 Å². The highest BCUT2D eigenvalue weighted by Crippen LogP contribution is 2.25. The molecule has 0 radical (unpaired) electrons. The van der Waals surface area contributed by atoms with Crippen LogP contribution in [0.5, 0.6) is 5.75 Å². The first-order valence-electron chi connectivity index (χ1n) is 5.55. The Morgan fingerprint density at radius 3 is 2.56 bits per heavy atom. The molecule has 2 N–H and O–H groups in total. The van der Waals surface area contributed by atoms with Gasteiger partial charge in [0.15, 0.2) is 0 Å². The van der Waals surface area contributed by atoms with Crippen LogP contribution < -0.4 is 10.1 Å². The van der Waals surface area contributed by atoms with Gasteiger partial charge in [-0.05, 0) is 31.5 Å². The first-order valence-corrected chi connectivity index (χ1v) is 5.55. The van der Waals surface area contributed by atoms with Crippen molar-refractivity contribution in [3.05, 3.63) is 29.8 Å². The fourth-order valence-corrected chi connectivity index (χ4v) is 1.45. The van der Waals surface area contributed by atoms with Crippen LogP contribution in [0.1, 0.15) is 25.5 Å². The van der Waals surface area contributed by atoms with E-state index in [1.54, 1.807) is 19.9 Å². The lowest BCUT2D eigenvalue weighted by Gasteiger charge is -2.17. The molecule has 0 aromatic heterocycles. The van der Waals surface area contributed by atoms with E-state index in [-0.39, 0.29) is 11.8 Å². The van der Waals surface area contributed by atoms with Crippen molar-refractivity contribution >= 4 is 0 Å². The van der Waals surface area contributed by atoms with E-state index in [2.05, 4.69) is 10.1 Å². The number of rotatable bonds is 5. The number of ether oxygens (including phenoxy) is 1. The van der Waals surface area contributed by atoms with Crippen LogP contribution in [0.3, 0.4) is 0 Å². The van der Waals surface area contributed by atoms with Gasteiger partial charge in [-0.15, -0.1) is 13.2 Å². The van der Waals surface area contributed by atoms with Crippen LogP contribution in [0.4, 0.5) is 13.2 Å². The van der Waals surface area contributed by atoms with Crippen molar-refractivity contribution in [2.75, 3.05) is 6.54 Å². The maximum absolute atomic E-state index is 12.1. The zero-order valence-electron chi connectivity index (χ0n) is 10.2. The second-order valence-corrected chi connectivity index (χ2v) is 4.10. The Morgan fingerprint density at radius 2 is 2.00 bits per heavy atom. The average Bonchev–Trinajstić information content (AvgIpc) is 2.23. The molecule has 0 aliphatic carbocycles. The lowest BCUT2D eigenvalue weighted by atomic mass is 10.1. The second-order valence-electron chi connectivity index (χ2n) is 4.10. The van der Waals surface area contributed by atoms with Crippen molar-refractivity contribution < 1.29 is 23.0 Å². The van der Waals surface area contributed by atoms with Crippen LogP contribution in [0.15, 0.2) is 24.3 Å². The van der Waals surface area contributed by atoms with Gasteiger partial charge in [0.25, 0.3) is 0 Å². The normalized spacial score (nSPS) is 15.2. The van der Waals surface area contributed by atoms with Gasteiger partial charge in [0.1, 0.15) is 5.75 Å². The van der Waals surface area contributed by atoms with E-state index in [1.807, 2.05) is 0 Å². The van der Waals surface area contributed by atoms with Gasteiger partial charge in [-0.2, -0.15) is 0 Å². The van der Waals surface area contributed by atoms with E-state index >= 15 is 0 Å². The maximum Gasteiger partial charge on any atom is 0.573 e. The Labute approximate surface area is 104 Å². The number of nitrogens with one attached hydrogen (secondary N) is 1. The number of aliphatic hydroxyl groups excluding tert-OH is 1. The summed E-state index contributed by atoms with van der Waals surface area (Å²) in [5, 5.41) is 12.1. The minimum atomic E-state index is -4.69. The molecule has 1 rings (SSSR count). The molecule has 0 spiro atoms. The number of alkyl halides is 3. The minimum Gasteiger partial charge on any atom is -0.406 e. The summed E-state index contributed by atoms with van der Waals surface area (Å²) in [6.45, 7) is 3.80. The first kappa shape index (κ1) is 14.8. The van der Waals surface area contributed by atoms with Crippen molar-refractivity contribution in [2.24, 2.45) is 0 Å². The van der Waals surface area contributed by atoms with E-state index in [1.165, 1.54) is 18.2 Å². The number of hydrogen-bond donors (Lipinski definition) is 2. The molecule has 0 heterocycles. The van der Waals surface area contributed by atoms with Crippen LogP contribution in [-0.4, -0.2) is 24.1 Å². The average molecular weight is 263 g/mol. The molecule has 102 valence electrons. The minimum absolute atomic E-state index is 0.170. The van der Waals surface area contributed by atoms with Crippen LogP contribution in [-0.2, 0) is 0 Å². The van der Waals surface area contributed by atoms with Crippen molar-refractivity contribution in [3.63, 3.8) is 0 Å². The van der Waals surface area contributed by atoms with Crippen LogP contribution in [0.25, 0.3) is 0 Å². The zero-order valence-corrected chi connectivity index (χ0v) is 10.2. The largest absolute Gasteiger partial charge is 0.573 e. The summed E-state index contributed by atoms with van der Waals surface area (Å²) < 4.78 is 40.0. The van der Waals surface area contributed by atoms with Gasteiger partial charge in [0.05, 0.1) is 6.10 Å². The highest BCUT2D eigenvalue weighted by atomic mass is 19.4. The molecule has 0 bridgehead atoms. The quantitative estimate of drug-likeness (QED) is 0.858. The van der Waals surface area contributed by atoms with Gasteiger partial charge < -0.3 is 15.2 Å². The standard InChI is InChI=1S/C12H16F3NO2/c1-8(17)7-16-9(2)10-4-3-5-11(6-10)18-12(13,14)15/h3-6,8-9,16-17H,7H2,1-2H3. The molecule has 0 amide bonds. The van der Waals surface area contributed by atoms with Crippen molar-refractivity contribution in [3.8, 4) is 5.75 Å². The number of hydrogen-bond acceptors (Lipinski definition) is 3. The van der Waals surface area contributed by atoms with Crippen molar-refractivity contribution in [1.82, 2.24) is 5.32 Å². The highest BCUT2D eigenvalue weighted by molar-refractivity contribution is 5.30. The van der Waals surface area contributed by atoms with Crippen molar-refractivity contribution in [1.29, 1.82) is 0 Å². The molecule has 0 aliphatic rings. The molecule has 1 aromatic carbocycles. The summed E-state index contributed by atoms with van der Waals surface area (Å²) in [5.74, 6) is -0.245. The summed E-state index contributed by atoms with van der Waals surface area (Å²) in [6, 6.07) is 5.60. The molecule has 18 heavy (non-hydrogen) atoms. The number of halogens is 3. The van der Waals surface area contributed by atoms with Gasteiger partial charge in [-0.3, -0.25) is 0 Å². The molecule has 2 atom stereocenters. The Balaban J connectivity index is 2.69. The predicted octanol–water partition coefficient (Wildman–Crippen LogP) is 2.62. The van der Waals surface area contributed by atoms with E-state index in [0.717, 1.165) is 0 Å². The lowest BCUT2D eigenvalue weighted by Crippen LogP contribution is -2.27. The molecule has 3 nitrogen and oxygen atoms in total. The molecule has 0 aliphatic heterocycles. The van der Waals surface area contributed by atoms with Gasteiger partial charge >= 0.3 is 6.36 Å². The van der Waals surface area contributed by atoms with Crippen molar-refractivity contribution in [2.45, 2.75) is 32.4 Å². The fourth-order valence-electron chi connectivity index (χ4n) is 1.45. The first-order chi connectivity index (χ1) is 8.28. The lowest BCUT2D eigenvalue weighted by molar-refractivity contribution is -0.274. The molecule has 0 saturated heterocycles. The van der Waals surface area contributed by atoms with Gasteiger partial charge in [0, 0.05) is 12.6 Å². The van der Waals surface area contributed by atoms with Crippen LogP contribution in [0, 0.1) is 0 Å². The summed E-state index contributed by atoms with van der Waals surface area (Å²) in [6.07, 6.45) is -5.20. The van der Waals surface area contributed by atoms with Gasteiger partial charge in [0.2, 0.25) is 0 Å². The summed E-state index contributed by atoms with van der Waals surface area (Å²) >= 11 is 0.